The Kier molecular flexibility index (Phi) is 6.69. The van der Waals surface area contributed by atoms with Crippen LogP contribution in [0.1, 0.15) is 83.1 Å². The van der Waals surface area contributed by atoms with E-state index in [1.165, 1.54) is 49.7 Å². The molecule has 0 nitrogen and oxygen atoms in total. The Bertz CT molecular complexity index is 953. The first kappa shape index (κ1) is 23.4. The first-order chi connectivity index (χ1) is 14.3. The predicted molar refractivity (Wildman–Crippen MR) is 121 cm³/mol. The molecule has 0 spiro atoms. The molecule has 3 aliphatic carbocycles. The van der Waals surface area contributed by atoms with E-state index in [-0.39, 0.29) is 24.8 Å². The second-order valence-electron chi connectivity index (χ2n) is 9.77. The normalized spacial score (nSPS) is 29.9. The second-order valence-corrected chi connectivity index (χ2v) is 17.0. The van der Waals surface area contributed by atoms with Crippen LogP contribution in [-0.2, 0) is 16.6 Å². The molecule has 0 bridgehead atoms. The average molecular weight is 487 g/mol. The molecule has 4 aliphatic rings. The monoisotopic (exact) mass is 486 g/mol. The summed E-state index contributed by atoms with van der Waals surface area (Å²) in [5.74, 6) is 0. The fourth-order valence-corrected chi connectivity index (χ4v) is 22.2. The van der Waals surface area contributed by atoms with Gasteiger partial charge in [0.2, 0.25) is 0 Å². The molecule has 0 N–H and O–H groups in total. The summed E-state index contributed by atoms with van der Waals surface area (Å²) in [6.45, 7) is 4.82. The molecule has 6 rings (SSSR count). The molecule has 1 saturated heterocycles. The Morgan fingerprint density at radius 2 is 1.10 bits per heavy atom. The molecule has 162 valence electrons. The van der Waals surface area contributed by atoms with E-state index in [1.807, 2.05) is 0 Å². The SMILES string of the molecule is CCC1=Cc2ccccc2[CH]1[Ti+2]1([CH]2C(CC)=Cc3ccccc32)[CH]2CCCC[CH]21.[Cl-].[Cl-]. The molecule has 1 heterocycles. The van der Waals surface area contributed by atoms with Crippen LogP contribution in [0.3, 0.4) is 0 Å². The maximum absolute atomic E-state index is 2.59. The molecule has 3 heteroatoms. The minimum Gasteiger partial charge on any atom is -1.00 e. The van der Waals surface area contributed by atoms with Gasteiger partial charge in [-0.2, -0.15) is 0 Å². The molecule has 2 aromatic carbocycles. The molecular formula is C28H32Cl2Ti. The standard InChI is InChI=1S/2C11H11.C6H10.2ClH.Ti/c2*1-2-9-7-10-5-3-4-6-11(10)8-9;1-2-4-6-5-3-1;;;/h2*3-8H,2H2,1H3;1-2H,3-6H2;2*1H;/q;;;;;+2/p-2. The number of halogens is 2. The fraction of sp³-hybridized carbons (Fsp3) is 0.429. The van der Waals surface area contributed by atoms with E-state index in [4.69, 9.17) is 0 Å². The van der Waals surface area contributed by atoms with E-state index >= 15 is 0 Å². The molecule has 2 fully saturated rings. The summed E-state index contributed by atoms with van der Waals surface area (Å²) < 4.78 is 3.77. The van der Waals surface area contributed by atoms with E-state index in [9.17, 15) is 0 Å². The van der Waals surface area contributed by atoms with Crippen LogP contribution in [0.15, 0.2) is 59.7 Å². The first-order valence-corrected chi connectivity index (χ1v) is 15.5. The second kappa shape index (κ2) is 8.87. The molecule has 4 atom stereocenters. The molecule has 0 aromatic heterocycles. The van der Waals surface area contributed by atoms with Crippen molar-refractivity contribution in [2.24, 2.45) is 0 Å². The van der Waals surface area contributed by atoms with Gasteiger partial charge in [-0.25, -0.2) is 0 Å². The fourth-order valence-electron chi connectivity index (χ4n) is 7.81. The Balaban J connectivity index is 0.00000116. The van der Waals surface area contributed by atoms with Gasteiger partial charge in [-0.15, -0.1) is 0 Å². The van der Waals surface area contributed by atoms with Crippen molar-refractivity contribution >= 4 is 12.2 Å². The van der Waals surface area contributed by atoms with Gasteiger partial charge < -0.3 is 24.8 Å². The van der Waals surface area contributed by atoms with Gasteiger partial charge in [0.25, 0.3) is 0 Å². The van der Waals surface area contributed by atoms with Gasteiger partial charge in [-0.3, -0.25) is 0 Å². The topological polar surface area (TPSA) is 0 Å². The molecule has 1 aliphatic heterocycles. The minimum absolute atomic E-state index is 0. The Morgan fingerprint density at radius 1 is 0.677 bits per heavy atom. The number of fused-ring (bicyclic) bond motifs is 3. The number of hydrogen-bond acceptors (Lipinski definition) is 0. The number of hydrogen-bond donors (Lipinski definition) is 0. The Hall–Kier alpha value is -0.786. The van der Waals surface area contributed by atoms with E-state index in [1.54, 1.807) is 22.3 Å². The maximum atomic E-state index is 2.59. The number of allylic oxidation sites excluding steroid dienone is 2. The molecule has 2 aromatic rings. The van der Waals surface area contributed by atoms with Crippen molar-refractivity contribution in [3.8, 4) is 0 Å². The van der Waals surface area contributed by atoms with Crippen LogP contribution < -0.4 is 24.8 Å². The van der Waals surface area contributed by atoms with Crippen molar-refractivity contribution in [1.82, 2.24) is 0 Å². The zero-order chi connectivity index (χ0) is 19.6. The number of rotatable bonds is 4. The van der Waals surface area contributed by atoms with Gasteiger partial charge in [0.05, 0.1) is 0 Å². The largest absolute Gasteiger partial charge is 1.00 e. The van der Waals surface area contributed by atoms with E-state index in [2.05, 4.69) is 74.5 Å². The maximum Gasteiger partial charge on any atom is -1.00 e. The summed E-state index contributed by atoms with van der Waals surface area (Å²) >= 11 is -2.29. The van der Waals surface area contributed by atoms with Crippen molar-refractivity contribution in [2.75, 3.05) is 0 Å². The number of benzene rings is 2. The van der Waals surface area contributed by atoms with Gasteiger partial charge in [0.1, 0.15) is 0 Å². The quantitative estimate of drug-likeness (QED) is 0.582. The van der Waals surface area contributed by atoms with Crippen LogP contribution in [0, 0.1) is 0 Å². The van der Waals surface area contributed by atoms with Gasteiger partial charge in [-0.05, 0) is 0 Å². The molecule has 1 saturated carbocycles. The van der Waals surface area contributed by atoms with Crippen LogP contribution in [0.2, 0.25) is 8.45 Å². The molecule has 4 unspecified atom stereocenters. The van der Waals surface area contributed by atoms with E-state index in [0.717, 1.165) is 16.9 Å². The Labute approximate surface area is 203 Å². The molecule has 31 heavy (non-hydrogen) atoms. The third-order valence-corrected chi connectivity index (χ3v) is 19.6. The first-order valence-electron chi connectivity index (χ1n) is 11.9. The predicted octanol–water partition coefficient (Wildman–Crippen LogP) is 2.41. The molecular weight excluding hydrogens is 455 g/mol. The zero-order valence-electron chi connectivity index (χ0n) is 18.6. The summed E-state index contributed by atoms with van der Waals surface area (Å²) in [6, 6.07) is 18.8. The van der Waals surface area contributed by atoms with Crippen LogP contribution in [0.5, 0.6) is 0 Å². The third-order valence-electron chi connectivity index (χ3n) is 8.80. The summed E-state index contributed by atoms with van der Waals surface area (Å²) in [4.78, 5) is 0. The summed E-state index contributed by atoms with van der Waals surface area (Å²) in [5, 5.41) is 0. The van der Waals surface area contributed by atoms with E-state index in [0.29, 0.717) is 0 Å². The van der Waals surface area contributed by atoms with Gasteiger partial charge in [0.15, 0.2) is 0 Å². The van der Waals surface area contributed by atoms with Crippen molar-refractivity contribution in [3.63, 3.8) is 0 Å². The van der Waals surface area contributed by atoms with Gasteiger partial charge >= 0.3 is 180 Å². The van der Waals surface area contributed by atoms with Crippen molar-refractivity contribution < 1.29 is 41.4 Å². The van der Waals surface area contributed by atoms with Crippen LogP contribution >= 0.6 is 0 Å². The Morgan fingerprint density at radius 3 is 1.52 bits per heavy atom. The molecule has 0 radical (unpaired) electrons. The van der Waals surface area contributed by atoms with E-state index < -0.39 is 16.6 Å². The summed E-state index contributed by atoms with van der Waals surface area (Å²) in [7, 11) is 0. The average Bonchev–Trinajstić information content (AvgIpc) is 3.09. The minimum atomic E-state index is -2.29. The van der Waals surface area contributed by atoms with Crippen LogP contribution in [0.25, 0.3) is 12.2 Å². The third kappa shape index (κ3) is 3.20. The van der Waals surface area contributed by atoms with Crippen LogP contribution in [-0.4, -0.2) is 0 Å². The van der Waals surface area contributed by atoms with Crippen LogP contribution in [0.4, 0.5) is 0 Å². The van der Waals surface area contributed by atoms with Gasteiger partial charge in [0, 0.05) is 0 Å². The van der Waals surface area contributed by atoms with Gasteiger partial charge in [-0.1, -0.05) is 0 Å². The summed E-state index contributed by atoms with van der Waals surface area (Å²) in [5.41, 5.74) is 10.0. The molecule has 0 amide bonds. The van der Waals surface area contributed by atoms with Crippen molar-refractivity contribution in [1.29, 1.82) is 0 Å². The van der Waals surface area contributed by atoms with Crippen molar-refractivity contribution in [2.45, 2.75) is 69.3 Å². The summed E-state index contributed by atoms with van der Waals surface area (Å²) in [6.07, 6.45) is 13.6. The smallest absolute Gasteiger partial charge is 1.00 e. The van der Waals surface area contributed by atoms with Crippen molar-refractivity contribution in [3.05, 3.63) is 81.9 Å². The zero-order valence-corrected chi connectivity index (χ0v) is 21.7.